The van der Waals surface area contributed by atoms with Crippen LogP contribution in [0.25, 0.3) is 0 Å². The number of carbonyl (C=O) groups excluding carboxylic acids is 3. The second kappa shape index (κ2) is 13.6. The highest BCUT2D eigenvalue weighted by Gasteiger charge is 2.20. The molecule has 1 atom stereocenters. The first-order chi connectivity index (χ1) is 15.1. The van der Waals surface area contributed by atoms with Crippen molar-refractivity contribution >= 4 is 18.1 Å². The number of hydrogen-bond donors (Lipinski definition) is 4. The highest BCUT2D eigenvalue weighted by atomic mass is 16.6. The van der Waals surface area contributed by atoms with Gasteiger partial charge in [0.15, 0.2) is 0 Å². The Hall–Kier alpha value is -3.59. The highest BCUT2D eigenvalue weighted by Crippen LogP contribution is 2.05. The van der Waals surface area contributed by atoms with Gasteiger partial charge in [0.25, 0.3) is 5.91 Å². The Morgan fingerprint density at radius 3 is 1.90 bits per heavy atom. The minimum Gasteiger partial charge on any atom is -0.445 e. The van der Waals surface area contributed by atoms with E-state index in [2.05, 4.69) is 10.6 Å². The van der Waals surface area contributed by atoms with Crippen LogP contribution in [0.2, 0.25) is 0 Å². The van der Waals surface area contributed by atoms with Gasteiger partial charge in [-0.05, 0) is 30.4 Å². The highest BCUT2D eigenvalue weighted by molar-refractivity contribution is 5.85. The van der Waals surface area contributed by atoms with E-state index in [9.17, 15) is 14.4 Å². The van der Waals surface area contributed by atoms with Crippen LogP contribution >= 0.6 is 0 Å². The molecule has 0 aliphatic rings. The van der Waals surface area contributed by atoms with Crippen LogP contribution in [-0.4, -0.2) is 30.7 Å². The summed E-state index contributed by atoms with van der Waals surface area (Å²) in [6.45, 7) is 0.669. The van der Waals surface area contributed by atoms with Gasteiger partial charge < -0.3 is 20.1 Å². The summed E-state index contributed by atoms with van der Waals surface area (Å²) in [5.41, 5.74) is 3.77. The van der Waals surface area contributed by atoms with Crippen LogP contribution < -0.4 is 21.9 Å². The Labute approximate surface area is 181 Å². The van der Waals surface area contributed by atoms with E-state index in [-0.39, 0.29) is 13.2 Å². The zero-order valence-electron chi connectivity index (χ0n) is 17.2. The lowest BCUT2D eigenvalue weighted by atomic mass is 10.1. The number of amides is 3. The first-order valence-corrected chi connectivity index (χ1v) is 10.0. The molecule has 0 heterocycles. The number of nitrogens with one attached hydrogen (secondary N) is 3. The summed E-state index contributed by atoms with van der Waals surface area (Å²) in [5, 5.41) is 5.16. The van der Waals surface area contributed by atoms with Gasteiger partial charge in [0.1, 0.15) is 19.3 Å². The number of unbranched alkanes of at least 4 members (excludes halogenated alkanes) is 1. The average molecular weight is 428 g/mol. The first-order valence-electron chi connectivity index (χ1n) is 10.0. The van der Waals surface area contributed by atoms with E-state index < -0.39 is 24.1 Å². The minimum atomic E-state index is -0.835. The molecule has 0 radical (unpaired) electrons. The maximum atomic E-state index is 12.0. The first kappa shape index (κ1) is 23.7. The standard InChI is InChI=1S/C22H28N4O5/c23-26-20(27)19(25-22(29)31-16-18-11-5-2-6-12-18)13-7-8-14-24-21(28)30-15-17-9-3-1-4-10-17/h1-6,9-12,19H,7-8,13-16,23H2,(H,24,28)(H,25,29)(H,26,27)/t19-/m0/s1. The minimum absolute atomic E-state index is 0.0959. The van der Waals surface area contributed by atoms with Gasteiger partial charge in [-0.1, -0.05) is 60.7 Å². The molecule has 9 heteroatoms. The molecule has 0 fully saturated rings. The van der Waals surface area contributed by atoms with Crippen LogP contribution in [0.4, 0.5) is 9.59 Å². The molecule has 2 aromatic rings. The van der Waals surface area contributed by atoms with Crippen LogP contribution in [0.3, 0.4) is 0 Å². The van der Waals surface area contributed by atoms with Gasteiger partial charge >= 0.3 is 12.2 Å². The van der Waals surface area contributed by atoms with Crippen molar-refractivity contribution in [3.8, 4) is 0 Å². The van der Waals surface area contributed by atoms with Gasteiger partial charge in [-0.15, -0.1) is 0 Å². The van der Waals surface area contributed by atoms with Crippen molar-refractivity contribution in [1.82, 2.24) is 16.1 Å². The van der Waals surface area contributed by atoms with E-state index in [0.717, 1.165) is 11.1 Å². The van der Waals surface area contributed by atoms with E-state index in [1.165, 1.54) is 0 Å². The van der Waals surface area contributed by atoms with Crippen LogP contribution in [0.1, 0.15) is 30.4 Å². The van der Waals surface area contributed by atoms with Crippen LogP contribution in [0.15, 0.2) is 60.7 Å². The third-order valence-corrected chi connectivity index (χ3v) is 4.37. The number of rotatable bonds is 11. The summed E-state index contributed by atoms with van der Waals surface area (Å²) in [6.07, 6.45) is 0.276. The largest absolute Gasteiger partial charge is 0.445 e. The number of benzene rings is 2. The summed E-state index contributed by atoms with van der Waals surface area (Å²) < 4.78 is 10.3. The van der Waals surface area contributed by atoms with E-state index in [0.29, 0.717) is 25.8 Å². The topological polar surface area (TPSA) is 132 Å². The fourth-order valence-electron chi connectivity index (χ4n) is 2.71. The number of hydrogen-bond acceptors (Lipinski definition) is 6. The lowest BCUT2D eigenvalue weighted by Crippen LogP contribution is -2.49. The lowest BCUT2D eigenvalue weighted by molar-refractivity contribution is -0.123. The summed E-state index contributed by atoms with van der Waals surface area (Å²) in [6, 6.07) is 17.7. The molecule has 0 aliphatic heterocycles. The molecule has 0 spiro atoms. The predicted octanol–water partition coefficient (Wildman–Crippen LogP) is 2.37. The quantitative estimate of drug-likeness (QED) is 0.188. The van der Waals surface area contributed by atoms with Crippen LogP contribution in [0.5, 0.6) is 0 Å². The molecule has 0 aromatic heterocycles. The molecule has 0 saturated heterocycles. The fraction of sp³-hybridized carbons (Fsp3) is 0.318. The summed E-state index contributed by atoms with van der Waals surface area (Å²) in [5.74, 6) is 4.68. The van der Waals surface area contributed by atoms with E-state index >= 15 is 0 Å². The Kier molecular flexibility index (Phi) is 10.4. The molecule has 3 amide bonds. The molecule has 0 unspecified atom stereocenters. The fourth-order valence-corrected chi connectivity index (χ4v) is 2.71. The Morgan fingerprint density at radius 2 is 1.35 bits per heavy atom. The van der Waals surface area contributed by atoms with Crippen molar-refractivity contribution in [2.75, 3.05) is 6.54 Å². The van der Waals surface area contributed by atoms with Crippen molar-refractivity contribution in [2.45, 2.75) is 38.5 Å². The normalized spacial score (nSPS) is 11.1. The maximum absolute atomic E-state index is 12.0. The van der Waals surface area contributed by atoms with Crippen molar-refractivity contribution in [1.29, 1.82) is 0 Å². The second-order valence-corrected chi connectivity index (χ2v) is 6.75. The number of nitrogens with two attached hydrogens (primary N) is 1. The molecular formula is C22H28N4O5. The van der Waals surface area contributed by atoms with Gasteiger partial charge in [0.05, 0.1) is 0 Å². The lowest BCUT2D eigenvalue weighted by Gasteiger charge is -2.17. The number of ether oxygens (including phenoxy) is 2. The van der Waals surface area contributed by atoms with Crippen LogP contribution in [0, 0.1) is 0 Å². The SMILES string of the molecule is NNC(=O)[C@H](CCCCNC(=O)OCc1ccccc1)NC(=O)OCc1ccccc1. The molecule has 166 valence electrons. The summed E-state index contributed by atoms with van der Waals surface area (Å²) in [4.78, 5) is 35.6. The zero-order chi connectivity index (χ0) is 22.3. The van der Waals surface area contributed by atoms with Gasteiger partial charge in [0.2, 0.25) is 0 Å². The maximum Gasteiger partial charge on any atom is 0.408 e. The van der Waals surface area contributed by atoms with Gasteiger partial charge in [-0.2, -0.15) is 0 Å². The smallest absolute Gasteiger partial charge is 0.408 e. The molecule has 31 heavy (non-hydrogen) atoms. The van der Waals surface area contributed by atoms with Crippen LogP contribution in [-0.2, 0) is 27.5 Å². The Bertz CT molecular complexity index is 817. The molecule has 0 saturated carbocycles. The molecule has 0 aliphatic carbocycles. The monoisotopic (exact) mass is 428 g/mol. The molecule has 5 N–H and O–H groups in total. The molecule has 9 nitrogen and oxygen atoms in total. The van der Waals surface area contributed by atoms with Gasteiger partial charge in [0, 0.05) is 6.54 Å². The van der Waals surface area contributed by atoms with Crippen molar-refractivity contribution in [2.24, 2.45) is 5.84 Å². The molecular weight excluding hydrogens is 400 g/mol. The summed E-state index contributed by atoms with van der Waals surface area (Å²) >= 11 is 0. The number of alkyl carbamates (subject to hydrolysis) is 2. The van der Waals surface area contributed by atoms with Crippen molar-refractivity contribution in [3.63, 3.8) is 0 Å². The van der Waals surface area contributed by atoms with E-state index in [1.54, 1.807) is 0 Å². The van der Waals surface area contributed by atoms with Gasteiger partial charge in [-0.3, -0.25) is 10.2 Å². The van der Waals surface area contributed by atoms with E-state index in [4.69, 9.17) is 15.3 Å². The Balaban J connectivity index is 1.63. The molecule has 0 bridgehead atoms. The third-order valence-electron chi connectivity index (χ3n) is 4.37. The van der Waals surface area contributed by atoms with Crippen molar-refractivity contribution in [3.05, 3.63) is 71.8 Å². The number of carbonyl (C=O) groups is 3. The van der Waals surface area contributed by atoms with Crippen molar-refractivity contribution < 1.29 is 23.9 Å². The number of hydrazine groups is 1. The second-order valence-electron chi connectivity index (χ2n) is 6.75. The average Bonchev–Trinajstić information content (AvgIpc) is 2.81. The third kappa shape index (κ3) is 9.64. The van der Waals surface area contributed by atoms with Gasteiger partial charge in [-0.25, -0.2) is 15.4 Å². The molecule has 2 rings (SSSR count). The zero-order valence-corrected chi connectivity index (χ0v) is 17.2. The molecule has 2 aromatic carbocycles. The predicted molar refractivity (Wildman–Crippen MR) is 114 cm³/mol. The summed E-state index contributed by atoms with van der Waals surface area (Å²) in [7, 11) is 0. The Morgan fingerprint density at radius 1 is 0.806 bits per heavy atom. The van der Waals surface area contributed by atoms with E-state index in [1.807, 2.05) is 66.1 Å².